The number of aromatic nitrogens is 1. The normalized spacial score (nSPS) is 10.5. The van der Waals surface area contributed by atoms with E-state index in [4.69, 9.17) is 9.47 Å². The molecule has 0 saturated heterocycles. The lowest BCUT2D eigenvalue weighted by atomic mass is 10.3. The van der Waals surface area contributed by atoms with E-state index in [0.29, 0.717) is 26.4 Å². The molecule has 0 atom stereocenters. The molecule has 84 valence electrons. The van der Waals surface area contributed by atoms with Gasteiger partial charge in [-0.3, -0.25) is 4.79 Å². The summed E-state index contributed by atoms with van der Waals surface area (Å²) in [4.78, 5) is 11.4. The summed E-state index contributed by atoms with van der Waals surface area (Å²) in [6.45, 7) is 4.18. The maximum Gasteiger partial charge on any atom is 0.250 e. The van der Waals surface area contributed by atoms with Crippen molar-refractivity contribution in [3.63, 3.8) is 0 Å². The monoisotopic (exact) mass is 211 g/mol. The smallest absolute Gasteiger partial charge is 0.250 e. The van der Waals surface area contributed by atoms with Gasteiger partial charge in [0.05, 0.1) is 19.8 Å². The quantitative estimate of drug-likeness (QED) is 0.654. The number of nitrogens with zero attached hydrogens (tertiary/aromatic N) is 1. The number of rotatable bonds is 6. The second-order valence-corrected chi connectivity index (χ2v) is 3.34. The molecule has 1 aromatic rings. The zero-order chi connectivity index (χ0) is 11.1. The molecular formula is C11H17NO3. The Hall–Kier alpha value is -1.13. The van der Waals surface area contributed by atoms with Gasteiger partial charge in [-0.1, -0.05) is 0 Å². The van der Waals surface area contributed by atoms with Gasteiger partial charge in [0.1, 0.15) is 0 Å². The average molecular weight is 211 g/mol. The van der Waals surface area contributed by atoms with Crippen LogP contribution < -0.4 is 5.56 Å². The summed E-state index contributed by atoms with van der Waals surface area (Å²) < 4.78 is 11.8. The van der Waals surface area contributed by atoms with Crippen LogP contribution in [0, 0.1) is 6.92 Å². The van der Waals surface area contributed by atoms with Crippen molar-refractivity contribution in [3.05, 3.63) is 34.2 Å². The molecule has 0 amide bonds. The van der Waals surface area contributed by atoms with Crippen LogP contribution in [0.1, 0.15) is 5.56 Å². The molecule has 0 bridgehead atoms. The Morgan fingerprint density at radius 1 is 1.33 bits per heavy atom. The minimum Gasteiger partial charge on any atom is -0.382 e. The second kappa shape index (κ2) is 6.37. The van der Waals surface area contributed by atoms with Crippen LogP contribution in [0.2, 0.25) is 0 Å². The summed E-state index contributed by atoms with van der Waals surface area (Å²) in [6, 6.07) is 3.53. The molecule has 0 N–H and O–H groups in total. The summed E-state index contributed by atoms with van der Waals surface area (Å²) in [7, 11) is 1.63. The molecule has 0 saturated carbocycles. The molecule has 0 aromatic carbocycles. The Balaban J connectivity index is 2.34. The van der Waals surface area contributed by atoms with E-state index in [2.05, 4.69) is 0 Å². The zero-order valence-corrected chi connectivity index (χ0v) is 9.23. The van der Waals surface area contributed by atoms with Crippen LogP contribution >= 0.6 is 0 Å². The molecule has 0 spiro atoms. The van der Waals surface area contributed by atoms with Crippen LogP contribution in [0.3, 0.4) is 0 Å². The molecule has 1 rings (SSSR count). The van der Waals surface area contributed by atoms with Crippen LogP contribution in [0.25, 0.3) is 0 Å². The van der Waals surface area contributed by atoms with Gasteiger partial charge in [-0.25, -0.2) is 0 Å². The van der Waals surface area contributed by atoms with E-state index >= 15 is 0 Å². The van der Waals surface area contributed by atoms with Crippen molar-refractivity contribution in [3.8, 4) is 0 Å². The van der Waals surface area contributed by atoms with Crippen LogP contribution in [-0.2, 0) is 16.0 Å². The van der Waals surface area contributed by atoms with Gasteiger partial charge in [-0.15, -0.1) is 0 Å². The molecule has 4 heteroatoms. The van der Waals surface area contributed by atoms with Crippen LogP contribution in [-0.4, -0.2) is 31.5 Å². The van der Waals surface area contributed by atoms with Crippen molar-refractivity contribution < 1.29 is 9.47 Å². The van der Waals surface area contributed by atoms with Crippen LogP contribution in [0.5, 0.6) is 0 Å². The van der Waals surface area contributed by atoms with Crippen molar-refractivity contribution in [2.24, 2.45) is 0 Å². The molecule has 1 heterocycles. The van der Waals surface area contributed by atoms with Crippen molar-refractivity contribution in [2.75, 3.05) is 26.9 Å². The molecule has 4 nitrogen and oxygen atoms in total. The molecule has 0 aliphatic rings. The minimum absolute atomic E-state index is 0.0188. The van der Waals surface area contributed by atoms with Gasteiger partial charge in [-0.2, -0.15) is 0 Å². The van der Waals surface area contributed by atoms with Crippen LogP contribution in [0.4, 0.5) is 0 Å². The standard InChI is InChI=1S/C11H17NO3/c1-10-3-4-12(11(13)9-10)5-6-15-8-7-14-2/h3-4,9H,5-8H2,1-2H3. The lowest BCUT2D eigenvalue weighted by molar-refractivity contribution is 0.0663. The largest absolute Gasteiger partial charge is 0.382 e. The Morgan fingerprint density at radius 3 is 2.80 bits per heavy atom. The predicted octanol–water partition coefficient (Wildman–Crippen LogP) is 0.820. The predicted molar refractivity (Wildman–Crippen MR) is 58.1 cm³/mol. The summed E-state index contributed by atoms with van der Waals surface area (Å²) >= 11 is 0. The highest BCUT2D eigenvalue weighted by molar-refractivity contribution is 5.07. The van der Waals surface area contributed by atoms with Gasteiger partial charge < -0.3 is 14.0 Å². The third-order valence-corrected chi connectivity index (χ3v) is 2.06. The number of hydrogen-bond acceptors (Lipinski definition) is 3. The van der Waals surface area contributed by atoms with E-state index in [0.717, 1.165) is 5.56 Å². The Morgan fingerprint density at radius 2 is 2.13 bits per heavy atom. The molecule has 0 aliphatic carbocycles. The number of pyridine rings is 1. The van der Waals surface area contributed by atoms with Crippen molar-refractivity contribution in [2.45, 2.75) is 13.5 Å². The van der Waals surface area contributed by atoms with Gasteiger partial charge in [0.25, 0.3) is 5.56 Å². The van der Waals surface area contributed by atoms with E-state index < -0.39 is 0 Å². The Bertz CT molecular complexity index is 346. The van der Waals surface area contributed by atoms with Gasteiger partial charge in [-0.05, 0) is 18.6 Å². The van der Waals surface area contributed by atoms with Gasteiger partial charge >= 0.3 is 0 Å². The first-order valence-electron chi connectivity index (χ1n) is 4.98. The van der Waals surface area contributed by atoms with E-state index in [1.54, 1.807) is 23.9 Å². The fraction of sp³-hybridized carbons (Fsp3) is 0.545. The minimum atomic E-state index is 0.0188. The lowest BCUT2D eigenvalue weighted by Gasteiger charge is -2.06. The van der Waals surface area contributed by atoms with Crippen molar-refractivity contribution >= 4 is 0 Å². The fourth-order valence-electron chi connectivity index (χ4n) is 1.20. The lowest BCUT2D eigenvalue weighted by Crippen LogP contribution is -2.21. The van der Waals surface area contributed by atoms with E-state index in [1.807, 2.05) is 13.0 Å². The van der Waals surface area contributed by atoms with Gasteiger partial charge in [0.2, 0.25) is 0 Å². The summed E-state index contributed by atoms with van der Waals surface area (Å²) in [5, 5.41) is 0. The maximum atomic E-state index is 11.4. The summed E-state index contributed by atoms with van der Waals surface area (Å²) in [5.74, 6) is 0. The SMILES string of the molecule is COCCOCCn1ccc(C)cc1=O. The Kier molecular flexibility index (Phi) is 5.07. The molecule has 15 heavy (non-hydrogen) atoms. The molecule has 0 radical (unpaired) electrons. The first-order valence-corrected chi connectivity index (χ1v) is 4.98. The number of ether oxygens (including phenoxy) is 2. The third kappa shape index (κ3) is 4.27. The van der Waals surface area contributed by atoms with E-state index in [-0.39, 0.29) is 5.56 Å². The fourth-order valence-corrected chi connectivity index (χ4v) is 1.20. The van der Waals surface area contributed by atoms with Crippen molar-refractivity contribution in [1.82, 2.24) is 4.57 Å². The highest BCUT2D eigenvalue weighted by Crippen LogP contribution is 1.91. The molecular weight excluding hydrogens is 194 g/mol. The topological polar surface area (TPSA) is 40.5 Å². The highest BCUT2D eigenvalue weighted by atomic mass is 16.5. The number of methoxy groups -OCH3 is 1. The summed E-state index contributed by atoms with van der Waals surface area (Å²) in [5.41, 5.74) is 1.00. The first kappa shape index (κ1) is 11.9. The molecule has 0 fully saturated rings. The molecule has 0 unspecified atom stereocenters. The van der Waals surface area contributed by atoms with E-state index in [9.17, 15) is 4.79 Å². The number of aryl methyl sites for hydroxylation is 1. The highest BCUT2D eigenvalue weighted by Gasteiger charge is 1.95. The average Bonchev–Trinajstić information content (AvgIpc) is 2.20. The van der Waals surface area contributed by atoms with Gasteiger partial charge in [0.15, 0.2) is 0 Å². The second-order valence-electron chi connectivity index (χ2n) is 3.34. The third-order valence-electron chi connectivity index (χ3n) is 2.06. The van der Waals surface area contributed by atoms with Gasteiger partial charge in [0, 0.05) is 25.9 Å². The van der Waals surface area contributed by atoms with E-state index in [1.165, 1.54) is 0 Å². The van der Waals surface area contributed by atoms with Crippen molar-refractivity contribution in [1.29, 1.82) is 0 Å². The molecule has 0 aliphatic heterocycles. The first-order chi connectivity index (χ1) is 7.24. The maximum absolute atomic E-state index is 11.4. The zero-order valence-electron chi connectivity index (χ0n) is 9.23. The Labute approximate surface area is 89.4 Å². The summed E-state index contributed by atoms with van der Waals surface area (Å²) in [6.07, 6.45) is 1.79. The number of hydrogen-bond donors (Lipinski definition) is 0. The van der Waals surface area contributed by atoms with Crippen LogP contribution in [0.15, 0.2) is 23.1 Å². The molecule has 1 aromatic heterocycles.